The molecule has 1 N–H and O–H groups in total. The molecule has 0 bridgehead atoms. The molecule has 0 aromatic heterocycles. The van der Waals surface area contributed by atoms with Crippen LogP contribution >= 0.6 is 11.6 Å². The van der Waals surface area contributed by atoms with Gasteiger partial charge >= 0.3 is 11.9 Å². The van der Waals surface area contributed by atoms with Crippen LogP contribution in [0.4, 0.5) is 0 Å². The van der Waals surface area contributed by atoms with Crippen LogP contribution in [0.1, 0.15) is 24.7 Å². The zero-order chi connectivity index (χ0) is 17.1. The lowest BCUT2D eigenvalue weighted by atomic mass is 10.1. The minimum Gasteiger partial charge on any atom is -0.423 e. The maximum atomic E-state index is 11.2. The molecule has 120 valence electrons. The Balaban J connectivity index is 3.54. The molecule has 1 aromatic carbocycles. The zero-order valence-electron chi connectivity index (χ0n) is 11.4. The number of hydrogen-bond acceptors (Lipinski definition) is 7. The van der Waals surface area contributed by atoms with Crippen molar-refractivity contribution in [3.05, 3.63) is 22.7 Å². The van der Waals surface area contributed by atoms with E-state index in [0.29, 0.717) is 0 Å². The highest BCUT2D eigenvalue weighted by molar-refractivity contribution is 7.86. The fourth-order valence-corrected chi connectivity index (χ4v) is 2.59. The van der Waals surface area contributed by atoms with E-state index in [4.69, 9.17) is 25.6 Å². The first-order chi connectivity index (χ1) is 10.1. The number of ether oxygens (including phenoxy) is 2. The lowest BCUT2D eigenvalue weighted by molar-refractivity contribution is -0.134. The van der Waals surface area contributed by atoms with Gasteiger partial charge in [0.25, 0.3) is 10.1 Å². The minimum absolute atomic E-state index is 0.0421. The average molecular weight is 351 g/mol. The Morgan fingerprint density at radius 2 is 1.77 bits per heavy atom. The van der Waals surface area contributed by atoms with Gasteiger partial charge in [-0.2, -0.15) is 8.42 Å². The molecule has 0 saturated carbocycles. The van der Waals surface area contributed by atoms with Crippen LogP contribution in [0.3, 0.4) is 0 Å². The van der Waals surface area contributed by atoms with Crippen LogP contribution in [0.5, 0.6) is 11.5 Å². The van der Waals surface area contributed by atoms with Gasteiger partial charge in [-0.15, -0.1) is 0 Å². The van der Waals surface area contributed by atoms with E-state index in [9.17, 15) is 22.8 Å². The van der Waals surface area contributed by atoms with Crippen molar-refractivity contribution < 1.29 is 36.8 Å². The highest BCUT2D eigenvalue weighted by Crippen LogP contribution is 2.41. The molecule has 22 heavy (non-hydrogen) atoms. The molecule has 0 amide bonds. The number of rotatable bonds is 5. The number of benzene rings is 1. The molecule has 0 aliphatic heterocycles. The van der Waals surface area contributed by atoms with Crippen molar-refractivity contribution >= 4 is 39.9 Å². The van der Waals surface area contributed by atoms with E-state index in [0.717, 1.165) is 26.0 Å². The minimum atomic E-state index is -4.77. The van der Waals surface area contributed by atoms with Crippen LogP contribution < -0.4 is 9.47 Å². The molecule has 0 radical (unpaired) electrons. The summed E-state index contributed by atoms with van der Waals surface area (Å²) in [6.07, 6.45) is -0.0421. The van der Waals surface area contributed by atoms with Crippen molar-refractivity contribution in [3.8, 4) is 11.5 Å². The van der Waals surface area contributed by atoms with E-state index in [1.807, 2.05) is 0 Å². The predicted octanol–water partition coefficient (Wildman–Crippen LogP) is 1.32. The van der Waals surface area contributed by atoms with Gasteiger partial charge in [-0.1, -0.05) is 17.7 Å². The van der Waals surface area contributed by atoms with Gasteiger partial charge in [0.05, 0.1) is 5.02 Å². The van der Waals surface area contributed by atoms with Gasteiger partial charge in [-0.3, -0.25) is 14.1 Å². The van der Waals surface area contributed by atoms with Crippen molar-refractivity contribution in [2.75, 3.05) is 0 Å². The Labute approximate surface area is 130 Å². The van der Waals surface area contributed by atoms with Crippen LogP contribution in [0.25, 0.3) is 0 Å². The van der Waals surface area contributed by atoms with Gasteiger partial charge < -0.3 is 14.3 Å². The van der Waals surface area contributed by atoms with Crippen LogP contribution in [0.2, 0.25) is 5.02 Å². The van der Waals surface area contributed by atoms with Crippen LogP contribution in [0, 0.1) is 0 Å². The lowest BCUT2D eigenvalue weighted by Gasteiger charge is -2.15. The summed E-state index contributed by atoms with van der Waals surface area (Å²) in [7, 11) is -4.77. The SMILES string of the molecule is CC(=O)Oc1ccc(C(C=O)S(=O)(=O)O)c(Cl)c1OC(C)=O. The zero-order valence-corrected chi connectivity index (χ0v) is 13.0. The summed E-state index contributed by atoms with van der Waals surface area (Å²) in [5, 5.41) is -2.43. The quantitative estimate of drug-likeness (QED) is 0.365. The van der Waals surface area contributed by atoms with Crippen molar-refractivity contribution in [1.29, 1.82) is 0 Å². The standard InChI is InChI=1S/C12H11ClO8S/c1-6(15)20-9-4-3-8(10(5-14)22(17,18)19)11(13)12(9)21-7(2)16/h3-5,10H,1-2H3,(H,17,18,19). The molecule has 1 aromatic rings. The van der Waals surface area contributed by atoms with Crippen molar-refractivity contribution in [1.82, 2.24) is 0 Å². The fraction of sp³-hybridized carbons (Fsp3) is 0.250. The number of carbonyl (C=O) groups excluding carboxylic acids is 3. The summed E-state index contributed by atoms with van der Waals surface area (Å²) in [4.78, 5) is 33.0. The molecule has 0 fully saturated rings. The summed E-state index contributed by atoms with van der Waals surface area (Å²) in [6, 6.07) is 2.14. The molecule has 1 unspecified atom stereocenters. The second kappa shape index (κ2) is 6.86. The van der Waals surface area contributed by atoms with Crippen molar-refractivity contribution in [2.24, 2.45) is 0 Å². The van der Waals surface area contributed by atoms with E-state index >= 15 is 0 Å². The number of halogens is 1. The molecular formula is C12H11ClO8S. The van der Waals surface area contributed by atoms with E-state index in [1.165, 1.54) is 0 Å². The second-order valence-electron chi connectivity index (χ2n) is 4.05. The van der Waals surface area contributed by atoms with Gasteiger partial charge in [0, 0.05) is 19.4 Å². The molecule has 1 rings (SSSR count). The Bertz CT molecular complexity index is 725. The monoisotopic (exact) mass is 350 g/mol. The Morgan fingerprint density at radius 1 is 1.23 bits per heavy atom. The van der Waals surface area contributed by atoms with Gasteiger partial charge in [-0.05, 0) is 6.07 Å². The lowest BCUT2D eigenvalue weighted by Crippen LogP contribution is -2.15. The molecule has 10 heteroatoms. The molecule has 0 aliphatic carbocycles. The average Bonchev–Trinajstić information content (AvgIpc) is 2.34. The first-order valence-electron chi connectivity index (χ1n) is 5.68. The van der Waals surface area contributed by atoms with Gasteiger partial charge in [-0.25, -0.2) is 0 Å². The molecular weight excluding hydrogens is 340 g/mol. The molecule has 1 atom stereocenters. The third-order valence-corrected chi connectivity index (χ3v) is 3.74. The second-order valence-corrected chi connectivity index (χ2v) is 5.97. The van der Waals surface area contributed by atoms with Crippen LogP contribution in [-0.2, 0) is 24.5 Å². The third-order valence-electron chi connectivity index (χ3n) is 2.34. The number of aldehydes is 1. The van der Waals surface area contributed by atoms with Crippen LogP contribution in [-0.4, -0.2) is 31.2 Å². The smallest absolute Gasteiger partial charge is 0.308 e. The van der Waals surface area contributed by atoms with Crippen molar-refractivity contribution in [2.45, 2.75) is 19.1 Å². The molecule has 0 heterocycles. The van der Waals surface area contributed by atoms with Gasteiger partial charge in [0.2, 0.25) is 0 Å². The van der Waals surface area contributed by atoms with E-state index in [-0.39, 0.29) is 17.6 Å². The van der Waals surface area contributed by atoms with Gasteiger partial charge in [0.15, 0.2) is 16.7 Å². The Hall–Kier alpha value is -1.97. The summed E-state index contributed by atoms with van der Waals surface area (Å²) < 4.78 is 41.0. The summed E-state index contributed by atoms with van der Waals surface area (Å²) >= 11 is 5.92. The van der Waals surface area contributed by atoms with E-state index in [1.54, 1.807) is 0 Å². The van der Waals surface area contributed by atoms with E-state index < -0.39 is 38.1 Å². The Kier molecular flexibility index (Phi) is 5.64. The molecule has 0 aliphatic rings. The largest absolute Gasteiger partial charge is 0.423 e. The van der Waals surface area contributed by atoms with Crippen molar-refractivity contribution in [3.63, 3.8) is 0 Å². The fourth-order valence-electron chi connectivity index (χ4n) is 1.55. The number of esters is 2. The number of carbonyl (C=O) groups is 3. The molecule has 8 nitrogen and oxygen atoms in total. The topological polar surface area (TPSA) is 124 Å². The Morgan fingerprint density at radius 3 is 2.18 bits per heavy atom. The maximum absolute atomic E-state index is 11.2. The maximum Gasteiger partial charge on any atom is 0.308 e. The van der Waals surface area contributed by atoms with Gasteiger partial charge in [0.1, 0.15) is 6.29 Å². The third kappa shape index (κ3) is 4.26. The summed E-state index contributed by atoms with van der Waals surface area (Å²) in [5.41, 5.74) is -0.327. The van der Waals surface area contributed by atoms with Crippen LogP contribution in [0.15, 0.2) is 12.1 Å². The highest BCUT2D eigenvalue weighted by Gasteiger charge is 2.30. The summed E-state index contributed by atoms with van der Waals surface area (Å²) in [6.45, 7) is 2.13. The number of hydrogen-bond donors (Lipinski definition) is 1. The molecule has 0 saturated heterocycles. The summed E-state index contributed by atoms with van der Waals surface area (Å²) in [5.74, 6) is -2.23. The normalized spacial score (nSPS) is 12.4. The van der Waals surface area contributed by atoms with E-state index in [2.05, 4.69) is 0 Å². The molecule has 0 spiro atoms. The highest BCUT2D eigenvalue weighted by atomic mass is 35.5. The first-order valence-corrected chi connectivity index (χ1v) is 7.56. The first kappa shape index (κ1) is 18.1. The predicted molar refractivity (Wildman–Crippen MR) is 74.4 cm³/mol.